The third kappa shape index (κ3) is 6.14. The van der Waals surface area contributed by atoms with Crippen molar-refractivity contribution in [3.8, 4) is 62.1 Å². The van der Waals surface area contributed by atoms with E-state index in [1.54, 1.807) is 12.3 Å². The molecular weight excluding hydrogens is 687 g/mol. The van der Waals surface area contributed by atoms with E-state index in [0.717, 1.165) is 33.5 Å². The maximum atomic E-state index is 10.7. The molecule has 0 atom stereocenters. The summed E-state index contributed by atoms with van der Waals surface area (Å²) in [5.41, 5.74) is 9.37. The maximum Gasteiger partial charge on any atom is 0.217 e. The SMILES string of the molecule is Cc1cccc(C)c1-c1cc(-c2[c-]c(Oc3ccccn3)cc(-c3ccccc3)c2)nc(-c2ccccc2O)c1.[Pt]. The van der Waals surface area contributed by atoms with Gasteiger partial charge in [-0.3, -0.25) is 4.98 Å². The van der Waals surface area contributed by atoms with Crippen molar-refractivity contribution in [2.24, 2.45) is 0 Å². The van der Waals surface area contributed by atoms with Crippen molar-refractivity contribution in [1.82, 2.24) is 9.97 Å². The minimum Gasteiger partial charge on any atom is -0.507 e. The Hall–Kier alpha value is -4.53. The number of rotatable bonds is 6. The molecule has 41 heavy (non-hydrogen) atoms. The molecule has 0 saturated heterocycles. The summed E-state index contributed by atoms with van der Waals surface area (Å²) in [6.45, 7) is 4.23. The van der Waals surface area contributed by atoms with E-state index in [2.05, 4.69) is 67.4 Å². The van der Waals surface area contributed by atoms with E-state index >= 15 is 0 Å². The van der Waals surface area contributed by atoms with Crippen molar-refractivity contribution in [1.29, 1.82) is 0 Å². The molecule has 0 radical (unpaired) electrons. The van der Waals surface area contributed by atoms with Gasteiger partial charge in [0.15, 0.2) is 0 Å². The van der Waals surface area contributed by atoms with Crippen molar-refractivity contribution >= 4 is 0 Å². The van der Waals surface area contributed by atoms with Crippen LogP contribution in [0.5, 0.6) is 17.4 Å². The minimum atomic E-state index is 0. The second-order valence-corrected chi connectivity index (χ2v) is 9.69. The number of nitrogens with zero attached hydrogens (tertiary/aromatic N) is 2. The van der Waals surface area contributed by atoms with Crippen LogP contribution < -0.4 is 4.74 Å². The number of benzene rings is 4. The smallest absolute Gasteiger partial charge is 0.217 e. The standard InChI is InChI=1S/C36H27N2O2.Pt/c1-24-11-10-12-25(2)36(24)29-22-32(38-33(23-29)31-15-6-7-16-34(31)39)28-19-27(26-13-4-3-5-14-26)20-30(21-28)40-35-17-8-9-18-37-35;/h3-20,22-23,39H,1-2H3;/q-1;. The number of hydrogen-bond acceptors (Lipinski definition) is 4. The van der Waals surface area contributed by atoms with E-state index in [9.17, 15) is 5.11 Å². The fourth-order valence-corrected chi connectivity index (χ4v) is 4.96. The van der Waals surface area contributed by atoms with Crippen molar-refractivity contribution in [2.45, 2.75) is 13.8 Å². The second kappa shape index (κ2) is 12.3. The number of pyridine rings is 2. The summed E-state index contributed by atoms with van der Waals surface area (Å²) in [6, 6.07) is 40.9. The second-order valence-electron chi connectivity index (χ2n) is 9.69. The molecule has 0 bridgehead atoms. The molecule has 4 aromatic carbocycles. The average Bonchev–Trinajstić information content (AvgIpc) is 2.98. The molecule has 0 aliphatic rings. The van der Waals surface area contributed by atoms with E-state index in [1.165, 1.54) is 11.1 Å². The van der Waals surface area contributed by atoms with Gasteiger partial charge in [0, 0.05) is 44.6 Å². The van der Waals surface area contributed by atoms with Crippen molar-refractivity contribution < 1.29 is 30.9 Å². The van der Waals surface area contributed by atoms with Gasteiger partial charge in [0.05, 0.1) is 5.69 Å². The number of phenols is 1. The van der Waals surface area contributed by atoms with Crippen LogP contribution in [0.25, 0.3) is 44.8 Å². The number of aromatic hydroxyl groups is 1. The van der Waals surface area contributed by atoms with Crippen LogP contribution in [-0.4, -0.2) is 15.1 Å². The normalized spacial score (nSPS) is 10.6. The Labute approximate surface area is 254 Å². The molecule has 2 aromatic heterocycles. The molecule has 0 aliphatic carbocycles. The molecule has 2 heterocycles. The molecule has 0 unspecified atom stereocenters. The van der Waals surface area contributed by atoms with Crippen LogP contribution in [0, 0.1) is 19.9 Å². The largest absolute Gasteiger partial charge is 0.507 e. The third-order valence-corrected chi connectivity index (χ3v) is 6.85. The first-order valence-corrected chi connectivity index (χ1v) is 13.1. The number of aromatic nitrogens is 2. The first kappa shape index (κ1) is 28.0. The Morgan fingerprint density at radius 2 is 1.37 bits per heavy atom. The van der Waals surface area contributed by atoms with Gasteiger partial charge in [-0.1, -0.05) is 90.5 Å². The Morgan fingerprint density at radius 3 is 2.10 bits per heavy atom. The molecule has 4 nitrogen and oxygen atoms in total. The molecule has 0 spiro atoms. The predicted octanol–water partition coefficient (Wildman–Crippen LogP) is 9.06. The molecule has 204 valence electrons. The van der Waals surface area contributed by atoms with Gasteiger partial charge in [-0.2, -0.15) is 0 Å². The zero-order chi connectivity index (χ0) is 27.5. The number of ether oxygens (including phenoxy) is 1. The minimum absolute atomic E-state index is 0. The van der Waals surface area contributed by atoms with Crippen LogP contribution in [0.1, 0.15) is 11.1 Å². The van der Waals surface area contributed by atoms with Crippen LogP contribution in [0.4, 0.5) is 0 Å². The molecule has 0 aliphatic heterocycles. The first-order valence-electron chi connectivity index (χ1n) is 13.1. The average molecular weight is 715 g/mol. The Kier molecular flexibility index (Phi) is 8.42. The molecule has 0 fully saturated rings. The zero-order valence-electron chi connectivity index (χ0n) is 22.6. The van der Waals surface area contributed by atoms with Crippen LogP contribution in [0.15, 0.2) is 121 Å². The van der Waals surface area contributed by atoms with Gasteiger partial charge >= 0.3 is 0 Å². The van der Waals surface area contributed by atoms with Crippen LogP contribution in [0.2, 0.25) is 0 Å². The van der Waals surface area contributed by atoms with Gasteiger partial charge in [-0.05, 0) is 71.6 Å². The van der Waals surface area contributed by atoms with Crippen molar-refractivity contribution in [2.75, 3.05) is 0 Å². The fraction of sp³-hybridized carbons (Fsp3) is 0.0556. The fourth-order valence-electron chi connectivity index (χ4n) is 4.96. The molecule has 0 amide bonds. The summed E-state index contributed by atoms with van der Waals surface area (Å²) >= 11 is 0. The quantitative estimate of drug-likeness (QED) is 0.175. The number of para-hydroxylation sites is 1. The summed E-state index contributed by atoms with van der Waals surface area (Å²) in [7, 11) is 0. The number of hydrogen-bond donors (Lipinski definition) is 1. The van der Waals surface area contributed by atoms with Gasteiger partial charge in [0.25, 0.3) is 0 Å². The summed E-state index contributed by atoms with van der Waals surface area (Å²) < 4.78 is 6.16. The first-order chi connectivity index (χ1) is 19.5. The molecular formula is C36H27N2O2Pt-. The zero-order valence-corrected chi connectivity index (χ0v) is 24.9. The van der Waals surface area contributed by atoms with Crippen LogP contribution in [-0.2, 0) is 21.1 Å². The Morgan fingerprint density at radius 1 is 0.659 bits per heavy atom. The summed E-state index contributed by atoms with van der Waals surface area (Å²) in [5, 5.41) is 10.7. The number of aryl methyl sites for hydroxylation is 2. The summed E-state index contributed by atoms with van der Waals surface area (Å²) in [5.74, 6) is 1.21. The van der Waals surface area contributed by atoms with Crippen LogP contribution in [0.3, 0.4) is 0 Å². The third-order valence-electron chi connectivity index (χ3n) is 6.85. The van der Waals surface area contributed by atoms with Gasteiger partial charge < -0.3 is 9.84 Å². The molecule has 0 saturated carbocycles. The van der Waals surface area contributed by atoms with Gasteiger partial charge in [-0.25, -0.2) is 4.98 Å². The van der Waals surface area contributed by atoms with E-state index < -0.39 is 0 Å². The monoisotopic (exact) mass is 714 g/mol. The Bertz CT molecular complexity index is 1780. The predicted molar refractivity (Wildman–Crippen MR) is 160 cm³/mol. The van der Waals surface area contributed by atoms with E-state index in [0.29, 0.717) is 22.9 Å². The number of phenolic OH excluding ortho intramolecular Hbond substituents is 1. The van der Waals surface area contributed by atoms with Gasteiger partial charge in [0.2, 0.25) is 5.88 Å². The van der Waals surface area contributed by atoms with Gasteiger partial charge in [0.1, 0.15) is 5.75 Å². The molecule has 6 aromatic rings. The van der Waals surface area contributed by atoms with Gasteiger partial charge in [-0.15, -0.1) is 11.6 Å². The molecule has 5 heteroatoms. The van der Waals surface area contributed by atoms with E-state index in [1.807, 2.05) is 66.7 Å². The van der Waals surface area contributed by atoms with Crippen molar-refractivity contribution in [3.05, 3.63) is 139 Å². The van der Waals surface area contributed by atoms with Crippen molar-refractivity contribution in [3.63, 3.8) is 0 Å². The molecule has 6 rings (SSSR count). The molecule has 1 N–H and O–H groups in total. The van der Waals surface area contributed by atoms with E-state index in [-0.39, 0.29) is 26.8 Å². The Balaban J connectivity index is 0.00000337. The maximum absolute atomic E-state index is 10.7. The summed E-state index contributed by atoms with van der Waals surface area (Å²) in [6.07, 6.45) is 1.70. The topological polar surface area (TPSA) is 55.2 Å². The van der Waals surface area contributed by atoms with Crippen LogP contribution >= 0.6 is 0 Å². The summed E-state index contributed by atoms with van der Waals surface area (Å²) in [4.78, 5) is 9.37. The van der Waals surface area contributed by atoms with E-state index in [4.69, 9.17) is 9.72 Å².